The molecular weight excluding hydrogens is 249 g/mol. The third-order valence-electron chi connectivity index (χ3n) is 6.06. The van der Waals surface area contributed by atoms with Gasteiger partial charge in [-0.25, -0.2) is 4.39 Å². The molecule has 110 valence electrons. The molecule has 0 spiro atoms. The summed E-state index contributed by atoms with van der Waals surface area (Å²) >= 11 is 0. The van der Waals surface area contributed by atoms with E-state index in [1.54, 1.807) is 12.1 Å². The number of halogens is 1. The van der Waals surface area contributed by atoms with Gasteiger partial charge in [0.25, 0.3) is 0 Å². The fraction of sp³-hybridized carbons (Fsp3) is 0.667. The zero-order valence-corrected chi connectivity index (χ0v) is 13.0. The molecule has 20 heavy (non-hydrogen) atoms. The summed E-state index contributed by atoms with van der Waals surface area (Å²) in [6, 6.07) is 7.73. The SMILES string of the molecule is C[C@@H](NC1C(C)(C)[C@H]2CC[C@]1(C)C2)c1ccc(F)cc1. The fourth-order valence-electron chi connectivity index (χ4n) is 4.82. The molecular formula is C18H26FN. The Balaban J connectivity index is 1.78. The third-order valence-corrected chi connectivity index (χ3v) is 6.06. The van der Waals surface area contributed by atoms with Crippen molar-refractivity contribution in [2.45, 2.75) is 59.0 Å². The van der Waals surface area contributed by atoms with Crippen molar-refractivity contribution in [2.24, 2.45) is 16.7 Å². The normalized spacial score (nSPS) is 36.2. The molecule has 0 heterocycles. The van der Waals surface area contributed by atoms with Crippen molar-refractivity contribution in [3.8, 4) is 0 Å². The predicted molar refractivity (Wildman–Crippen MR) is 81.0 cm³/mol. The van der Waals surface area contributed by atoms with Gasteiger partial charge < -0.3 is 5.32 Å². The summed E-state index contributed by atoms with van der Waals surface area (Å²) in [5.74, 6) is 0.693. The van der Waals surface area contributed by atoms with Gasteiger partial charge in [0, 0.05) is 12.1 Å². The highest BCUT2D eigenvalue weighted by Crippen LogP contribution is 2.62. The molecule has 3 rings (SSSR count). The highest BCUT2D eigenvalue weighted by Gasteiger charge is 2.59. The van der Waals surface area contributed by atoms with Crippen molar-refractivity contribution >= 4 is 0 Å². The second-order valence-corrected chi connectivity index (χ2v) is 7.79. The second kappa shape index (κ2) is 4.56. The second-order valence-electron chi connectivity index (χ2n) is 7.79. The highest BCUT2D eigenvalue weighted by molar-refractivity contribution is 5.21. The standard InChI is InChI=1S/C18H26FN/c1-12(13-5-7-15(19)8-6-13)20-16-17(2,3)14-9-10-18(16,4)11-14/h5-8,12,14,16,20H,9-11H2,1-4H3/t12-,14+,16?,18-/m1/s1. The van der Waals surface area contributed by atoms with E-state index in [2.05, 4.69) is 33.0 Å². The van der Waals surface area contributed by atoms with Crippen molar-refractivity contribution in [1.82, 2.24) is 5.32 Å². The maximum absolute atomic E-state index is 13.0. The van der Waals surface area contributed by atoms with Crippen LogP contribution in [0.1, 0.15) is 58.6 Å². The highest BCUT2D eigenvalue weighted by atomic mass is 19.1. The van der Waals surface area contributed by atoms with Crippen LogP contribution in [0.15, 0.2) is 24.3 Å². The Morgan fingerprint density at radius 1 is 1.20 bits per heavy atom. The lowest BCUT2D eigenvalue weighted by Crippen LogP contribution is -2.50. The van der Waals surface area contributed by atoms with Crippen LogP contribution in [0.3, 0.4) is 0 Å². The number of hydrogen-bond donors (Lipinski definition) is 1. The fourth-order valence-corrected chi connectivity index (χ4v) is 4.82. The lowest BCUT2D eigenvalue weighted by Gasteiger charge is -2.44. The molecule has 1 N–H and O–H groups in total. The summed E-state index contributed by atoms with van der Waals surface area (Å²) in [6.07, 6.45) is 4.08. The van der Waals surface area contributed by atoms with Crippen LogP contribution in [0.25, 0.3) is 0 Å². The number of rotatable bonds is 3. The Hall–Kier alpha value is -0.890. The average Bonchev–Trinajstić information content (AvgIpc) is 2.86. The van der Waals surface area contributed by atoms with Crippen molar-refractivity contribution in [3.05, 3.63) is 35.6 Å². The van der Waals surface area contributed by atoms with Gasteiger partial charge in [0.1, 0.15) is 5.82 Å². The number of fused-ring (bicyclic) bond motifs is 2. The number of benzene rings is 1. The average molecular weight is 275 g/mol. The summed E-state index contributed by atoms with van der Waals surface area (Å²) in [7, 11) is 0. The van der Waals surface area contributed by atoms with Gasteiger partial charge in [0.2, 0.25) is 0 Å². The van der Waals surface area contributed by atoms with Gasteiger partial charge >= 0.3 is 0 Å². The van der Waals surface area contributed by atoms with Gasteiger partial charge in [-0.2, -0.15) is 0 Å². The van der Waals surface area contributed by atoms with Crippen LogP contribution in [0.2, 0.25) is 0 Å². The molecule has 1 aromatic rings. The first-order valence-corrected chi connectivity index (χ1v) is 7.84. The maximum Gasteiger partial charge on any atom is 0.123 e. The van der Waals surface area contributed by atoms with E-state index >= 15 is 0 Å². The minimum atomic E-state index is -0.159. The molecule has 0 aromatic heterocycles. The van der Waals surface area contributed by atoms with Gasteiger partial charge in [0.05, 0.1) is 0 Å². The molecule has 0 saturated heterocycles. The first-order chi connectivity index (χ1) is 9.33. The molecule has 2 bridgehead atoms. The molecule has 4 atom stereocenters. The molecule has 2 aliphatic rings. The van der Waals surface area contributed by atoms with Crippen LogP contribution in [-0.2, 0) is 0 Å². The van der Waals surface area contributed by atoms with Gasteiger partial charge in [-0.05, 0) is 60.6 Å². The van der Waals surface area contributed by atoms with Crippen LogP contribution in [0, 0.1) is 22.6 Å². The molecule has 2 heteroatoms. The van der Waals surface area contributed by atoms with Crippen molar-refractivity contribution in [2.75, 3.05) is 0 Å². The van der Waals surface area contributed by atoms with Crippen LogP contribution in [0.5, 0.6) is 0 Å². The van der Waals surface area contributed by atoms with Crippen LogP contribution in [-0.4, -0.2) is 6.04 Å². The first kappa shape index (κ1) is 14.1. The Bertz CT molecular complexity index is 488. The summed E-state index contributed by atoms with van der Waals surface area (Å²) in [6.45, 7) is 9.46. The predicted octanol–water partition coefficient (Wildman–Crippen LogP) is 4.69. The monoisotopic (exact) mass is 275 g/mol. The van der Waals surface area contributed by atoms with E-state index in [0.717, 1.165) is 5.92 Å². The Morgan fingerprint density at radius 3 is 2.40 bits per heavy atom. The van der Waals surface area contributed by atoms with Crippen molar-refractivity contribution in [3.63, 3.8) is 0 Å². The lowest BCUT2D eigenvalue weighted by molar-refractivity contribution is 0.100. The summed E-state index contributed by atoms with van der Waals surface area (Å²) < 4.78 is 13.0. The Kier molecular flexibility index (Phi) is 3.20. The minimum Gasteiger partial charge on any atom is -0.306 e. The van der Waals surface area contributed by atoms with Gasteiger partial charge in [-0.15, -0.1) is 0 Å². The molecule has 0 radical (unpaired) electrons. The zero-order valence-electron chi connectivity index (χ0n) is 13.0. The van der Waals surface area contributed by atoms with Crippen LogP contribution >= 0.6 is 0 Å². The largest absolute Gasteiger partial charge is 0.306 e. The summed E-state index contributed by atoms with van der Waals surface area (Å²) in [5.41, 5.74) is 1.97. The first-order valence-electron chi connectivity index (χ1n) is 7.84. The lowest BCUT2D eigenvalue weighted by atomic mass is 9.68. The summed E-state index contributed by atoms with van der Waals surface area (Å²) in [4.78, 5) is 0. The topological polar surface area (TPSA) is 12.0 Å². The Labute approximate surface area is 122 Å². The van der Waals surface area contributed by atoms with Gasteiger partial charge in [-0.3, -0.25) is 0 Å². The van der Waals surface area contributed by atoms with E-state index < -0.39 is 0 Å². The molecule has 1 aromatic carbocycles. The molecule has 1 nitrogen and oxygen atoms in total. The van der Waals surface area contributed by atoms with Crippen LogP contribution < -0.4 is 5.32 Å². The molecule has 2 aliphatic carbocycles. The van der Waals surface area contributed by atoms with Gasteiger partial charge in [0.15, 0.2) is 0 Å². The zero-order chi connectivity index (χ0) is 14.5. The van der Waals surface area contributed by atoms with E-state index in [9.17, 15) is 4.39 Å². The molecule has 1 unspecified atom stereocenters. The van der Waals surface area contributed by atoms with E-state index in [1.165, 1.54) is 24.8 Å². The third kappa shape index (κ3) is 2.09. The van der Waals surface area contributed by atoms with Crippen molar-refractivity contribution in [1.29, 1.82) is 0 Å². The number of nitrogens with one attached hydrogen (secondary N) is 1. The number of hydrogen-bond acceptors (Lipinski definition) is 1. The minimum absolute atomic E-state index is 0.159. The Morgan fingerprint density at radius 2 is 1.85 bits per heavy atom. The van der Waals surface area contributed by atoms with Gasteiger partial charge in [-0.1, -0.05) is 32.9 Å². The smallest absolute Gasteiger partial charge is 0.123 e. The van der Waals surface area contributed by atoms with Crippen molar-refractivity contribution < 1.29 is 4.39 Å². The van der Waals surface area contributed by atoms with Crippen LogP contribution in [0.4, 0.5) is 4.39 Å². The van der Waals surface area contributed by atoms with E-state index in [-0.39, 0.29) is 11.9 Å². The molecule has 0 aliphatic heterocycles. The maximum atomic E-state index is 13.0. The summed E-state index contributed by atoms with van der Waals surface area (Å²) in [5, 5.41) is 3.85. The molecule has 0 amide bonds. The molecule has 2 saturated carbocycles. The van der Waals surface area contributed by atoms with E-state index in [0.29, 0.717) is 16.9 Å². The van der Waals surface area contributed by atoms with E-state index in [1.807, 2.05) is 12.1 Å². The molecule has 2 fully saturated rings. The quantitative estimate of drug-likeness (QED) is 0.843. The van der Waals surface area contributed by atoms with E-state index in [4.69, 9.17) is 0 Å².